The van der Waals surface area contributed by atoms with Crippen LogP contribution in [-0.2, 0) is 23.1 Å². The molecule has 51 heavy (non-hydrogen) atoms. The molecule has 1 unspecified atom stereocenters. The molecule has 0 N–H and O–H groups in total. The van der Waals surface area contributed by atoms with Gasteiger partial charge in [0.1, 0.15) is 11.9 Å². The number of esters is 1. The molecule has 8 atom stereocenters. The molecule has 4 rings (SSSR count). The molecule has 2 aliphatic carbocycles. The highest BCUT2D eigenvalue weighted by atomic mass is 28.4. The number of allylic oxidation sites excluding steroid dienone is 2. The molecule has 0 aromatic heterocycles. The molecule has 8 heteroatoms. The monoisotopic (exact) mass is 740 g/mol. The van der Waals surface area contributed by atoms with Crippen molar-refractivity contribution in [2.24, 2.45) is 17.8 Å². The van der Waals surface area contributed by atoms with E-state index >= 15 is 0 Å². The molecule has 0 saturated carbocycles. The van der Waals surface area contributed by atoms with Gasteiger partial charge in [-0.3, -0.25) is 0 Å². The second-order valence-corrected chi connectivity index (χ2v) is 28.5. The maximum atomic E-state index is 14.1. The largest absolute Gasteiger partial charge is 0.478 e. The van der Waals surface area contributed by atoms with Gasteiger partial charge < -0.3 is 23.1 Å². The Kier molecular flexibility index (Phi) is 13.8. The third kappa shape index (κ3) is 10.5. The van der Waals surface area contributed by atoms with Gasteiger partial charge in [0.2, 0.25) is 0 Å². The molecule has 0 radical (unpaired) electrons. The molecule has 1 fully saturated rings. The molecule has 1 aromatic carbocycles. The Balaban J connectivity index is 1.57. The number of hydrogen-bond acceptors (Lipinski definition) is 6. The highest BCUT2D eigenvalue weighted by molar-refractivity contribution is 6.74. The Hall–Kier alpha value is -1.72. The summed E-state index contributed by atoms with van der Waals surface area (Å²) in [7, 11) is -3.94. The van der Waals surface area contributed by atoms with Gasteiger partial charge >= 0.3 is 5.97 Å². The zero-order valence-electron chi connectivity index (χ0n) is 34.6. The number of para-hydroxylation sites is 1. The Labute approximate surface area is 313 Å². The van der Waals surface area contributed by atoms with Crippen LogP contribution in [0.15, 0.2) is 48.1 Å². The van der Waals surface area contributed by atoms with Crippen molar-refractivity contribution in [1.82, 2.24) is 0 Å². The van der Waals surface area contributed by atoms with E-state index in [1.54, 1.807) is 0 Å². The van der Waals surface area contributed by atoms with Gasteiger partial charge in [0.25, 0.3) is 0 Å². The first kappa shape index (κ1) is 42.0. The van der Waals surface area contributed by atoms with Crippen molar-refractivity contribution >= 4 is 22.6 Å². The molecule has 6 nitrogen and oxygen atoms in total. The lowest BCUT2D eigenvalue weighted by atomic mass is 9.66. The fourth-order valence-corrected chi connectivity index (χ4v) is 10.1. The van der Waals surface area contributed by atoms with E-state index in [0.29, 0.717) is 24.7 Å². The summed E-state index contributed by atoms with van der Waals surface area (Å²) in [4.78, 5) is 14.1. The number of rotatable bonds is 13. The summed E-state index contributed by atoms with van der Waals surface area (Å²) in [5, 5.41) is 0.262. The van der Waals surface area contributed by atoms with Gasteiger partial charge in [-0.05, 0) is 103 Å². The van der Waals surface area contributed by atoms with Crippen LogP contribution in [0.25, 0.3) is 0 Å². The maximum absolute atomic E-state index is 14.1. The first-order chi connectivity index (χ1) is 23.6. The fourth-order valence-electron chi connectivity index (χ4n) is 7.47. The second-order valence-electron chi connectivity index (χ2n) is 19.0. The summed E-state index contributed by atoms with van der Waals surface area (Å²) in [6, 6.07) is 8.04. The number of benzene rings is 1. The van der Waals surface area contributed by atoms with Crippen LogP contribution in [-0.4, -0.2) is 59.7 Å². The molecule has 1 heterocycles. The van der Waals surface area contributed by atoms with Crippen LogP contribution in [0.2, 0.25) is 36.3 Å². The standard InChI is InChI=1S/C43H72O6Si2/c1-15-37(46-38-19-17-16-18-35(38)29(2)3)41(44)47-39-28-34(49-51(13,14)43(8,9)10)26-31-21-20-30(4)36(40(31)39)23-22-32-27-33(24-25-45-32)48-50(11,12)42(5,6)7/h16-21,26,29-30,32-34,36-37,39-40H,15,22-25,27-28H2,1-14H3/t30-,32+,33+,34+,36-,37?,39-,40-/m0/s1. The molecule has 288 valence electrons. The van der Waals surface area contributed by atoms with Crippen molar-refractivity contribution < 1.29 is 27.9 Å². The highest BCUT2D eigenvalue weighted by Gasteiger charge is 2.46. The number of hydrogen-bond donors (Lipinski definition) is 0. The first-order valence-electron chi connectivity index (χ1n) is 20.0. The van der Waals surface area contributed by atoms with Gasteiger partial charge in [-0.25, -0.2) is 4.79 Å². The molecule has 1 saturated heterocycles. The Morgan fingerprint density at radius 2 is 1.59 bits per heavy atom. The van der Waals surface area contributed by atoms with E-state index in [1.807, 2.05) is 25.1 Å². The van der Waals surface area contributed by atoms with Crippen LogP contribution >= 0.6 is 0 Å². The Morgan fingerprint density at radius 3 is 2.22 bits per heavy atom. The van der Waals surface area contributed by atoms with E-state index in [9.17, 15) is 4.79 Å². The van der Waals surface area contributed by atoms with Crippen LogP contribution in [0.1, 0.15) is 119 Å². The number of carbonyl (C=O) groups excluding carboxylic acids is 1. The lowest BCUT2D eigenvalue weighted by Gasteiger charge is -2.46. The van der Waals surface area contributed by atoms with Crippen molar-refractivity contribution in [3.8, 4) is 5.75 Å². The summed E-state index contributed by atoms with van der Waals surface area (Å²) in [6.45, 7) is 32.5. The molecule has 1 aromatic rings. The molecular weight excluding hydrogens is 669 g/mol. The molecule has 0 amide bonds. The van der Waals surface area contributed by atoms with Crippen molar-refractivity contribution in [2.75, 3.05) is 6.61 Å². The van der Waals surface area contributed by atoms with E-state index in [1.165, 1.54) is 5.57 Å². The average molecular weight is 741 g/mol. The van der Waals surface area contributed by atoms with E-state index in [2.05, 4.69) is 113 Å². The summed E-state index contributed by atoms with van der Waals surface area (Å²) in [6.07, 6.45) is 11.4. The third-order valence-corrected chi connectivity index (χ3v) is 21.8. The van der Waals surface area contributed by atoms with Gasteiger partial charge in [0.15, 0.2) is 22.7 Å². The number of ether oxygens (including phenoxy) is 3. The molecule has 0 spiro atoms. The lowest BCUT2D eigenvalue weighted by Crippen LogP contribution is -2.49. The van der Waals surface area contributed by atoms with Crippen LogP contribution in [0.4, 0.5) is 0 Å². The SMILES string of the molecule is CCC(Oc1ccccc1C(C)C)C(=O)O[C@H]1C[C@H](O[Si](C)(C)C(C)(C)C)C=C2C=C[C@H](C)[C@H](CC[C@@H]3C[C@H](O[Si](C)(C)C(C)(C)C)CCO3)[C@H]21. The molecular formula is C43H72O6Si2. The zero-order chi connectivity index (χ0) is 37.9. The molecule has 1 aliphatic heterocycles. The fraction of sp³-hybridized carbons (Fsp3) is 0.744. The zero-order valence-corrected chi connectivity index (χ0v) is 36.6. The molecule has 0 bridgehead atoms. The maximum Gasteiger partial charge on any atom is 0.347 e. The summed E-state index contributed by atoms with van der Waals surface area (Å²) in [5.74, 6) is 1.53. The van der Waals surface area contributed by atoms with Gasteiger partial charge in [-0.15, -0.1) is 0 Å². The van der Waals surface area contributed by atoms with Gasteiger partial charge in [0, 0.05) is 25.0 Å². The van der Waals surface area contributed by atoms with Crippen molar-refractivity contribution in [1.29, 1.82) is 0 Å². The van der Waals surface area contributed by atoms with Crippen molar-refractivity contribution in [3.05, 3.63) is 53.6 Å². The smallest absolute Gasteiger partial charge is 0.347 e. The van der Waals surface area contributed by atoms with Crippen LogP contribution < -0.4 is 4.74 Å². The Morgan fingerprint density at radius 1 is 0.941 bits per heavy atom. The van der Waals surface area contributed by atoms with E-state index in [4.69, 9.17) is 23.1 Å². The minimum Gasteiger partial charge on any atom is -0.478 e. The van der Waals surface area contributed by atoms with E-state index < -0.39 is 22.7 Å². The first-order valence-corrected chi connectivity index (χ1v) is 25.8. The minimum absolute atomic E-state index is 0.0745. The number of fused-ring (bicyclic) bond motifs is 1. The summed E-state index contributed by atoms with van der Waals surface area (Å²) in [5.41, 5.74) is 2.34. The average Bonchev–Trinajstić information content (AvgIpc) is 3.02. The van der Waals surface area contributed by atoms with E-state index in [0.717, 1.165) is 43.6 Å². The number of carbonyl (C=O) groups is 1. The predicted octanol–water partition coefficient (Wildman–Crippen LogP) is 11.4. The van der Waals surface area contributed by atoms with Crippen LogP contribution in [0, 0.1) is 17.8 Å². The summed E-state index contributed by atoms with van der Waals surface area (Å²) < 4.78 is 33.3. The quantitative estimate of drug-likeness (QED) is 0.148. The normalized spacial score (nSPS) is 28.2. The second kappa shape index (κ2) is 16.7. The van der Waals surface area contributed by atoms with Crippen molar-refractivity contribution in [2.45, 2.75) is 180 Å². The van der Waals surface area contributed by atoms with Gasteiger partial charge in [0.05, 0.1) is 12.2 Å². The van der Waals surface area contributed by atoms with E-state index in [-0.39, 0.29) is 52.3 Å². The lowest BCUT2D eigenvalue weighted by molar-refractivity contribution is -0.163. The van der Waals surface area contributed by atoms with Gasteiger partial charge in [-0.1, -0.05) is 106 Å². The topological polar surface area (TPSA) is 63.2 Å². The van der Waals surface area contributed by atoms with Crippen LogP contribution in [0.3, 0.4) is 0 Å². The summed E-state index contributed by atoms with van der Waals surface area (Å²) >= 11 is 0. The van der Waals surface area contributed by atoms with Gasteiger partial charge in [-0.2, -0.15) is 0 Å². The molecule has 3 aliphatic rings. The van der Waals surface area contributed by atoms with Crippen molar-refractivity contribution in [3.63, 3.8) is 0 Å². The minimum atomic E-state index is -2.08. The predicted molar refractivity (Wildman–Crippen MR) is 215 cm³/mol. The highest BCUT2D eigenvalue weighted by Crippen LogP contribution is 2.47. The third-order valence-electron chi connectivity index (χ3n) is 12.7. The Bertz CT molecular complexity index is 1370. The van der Waals surface area contributed by atoms with Crippen LogP contribution in [0.5, 0.6) is 5.75 Å².